The number of epoxide rings is 1. The molecule has 2 atom stereocenters. The molecule has 2 aromatic carbocycles. The largest absolute Gasteiger partial charge is 0.493 e. The van der Waals surface area contributed by atoms with Gasteiger partial charge in [0.1, 0.15) is 18.0 Å². The summed E-state index contributed by atoms with van der Waals surface area (Å²) in [5.41, 5.74) is 2.95. The summed E-state index contributed by atoms with van der Waals surface area (Å²) >= 11 is 0. The number of carbonyl (C=O) groups excluding carboxylic acids is 1. The molecule has 0 spiro atoms. The first-order valence-electron chi connectivity index (χ1n) is 12.4. The highest BCUT2D eigenvalue weighted by molar-refractivity contribution is 5.84. The zero-order valence-electron chi connectivity index (χ0n) is 20.7. The number of amides is 1. The van der Waals surface area contributed by atoms with Gasteiger partial charge in [0.05, 0.1) is 6.61 Å². The second-order valence-corrected chi connectivity index (χ2v) is 10.5. The number of hydrogen-bond acceptors (Lipinski definition) is 5. The minimum atomic E-state index is -0.938. The van der Waals surface area contributed by atoms with Crippen LogP contribution in [0.2, 0.25) is 0 Å². The molecule has 1 unspecified atom stereocenters. The molecule has 7 nitrogen and oxygen atoms in total. The van der Waals surface area contributed by atoms with Gasteiger partial charge in [0.25, 0.3) is 0 Å². The standard InChI is InChI=1S/C28H35NO6/c1-28(2,3)20-8-14-23(15-9-20)34-27(32)29-21-10-4-18(5-11-21)16-17-33-22-12-6-19(7-13-22)24-25(35-24)26(30)31/h4-7,10-13,20,23-25H,8-9,14-17H2,1-3H3,(H,29,32)(H,30,31)/t20?,23?,24?,25-/m0/s1. The number of anilines is 1. The summed E-state index contributed by atoms with van der Waals surface area (Å²) in [6.07, 6.45) is 3.26. The van der Waals surface area contributed by atoms with Crippen molar-refractivity contribution in [3.8, 4) is 5.75 Å². The lowest BCUT2D eigenvalue weighted by Crippen LogP contribution is -2.31. The molecule has 1 aliphatic carbocycles. The van der Waals surface area contributed by atoms with Crippen LogP contribution in [0.1, 0.15) is 63.7 Å². The van der Waals surface area contributed by atoms with Gasteiger partial charge in [-0.05, 0) is 72.4 Å². The molecule has 0 bridgehead atoms. The van der Waals surface area contributed by atoms with E-state index in [2.05, 4.69) is 26.1 Å². The van der Waals surface area contributed by atoms with E-state index in [9.17, 15) is 9.59 Å². The van der Waals surface area contributed by atoms with Crippen molar-refractivity contribution in [2.24, 2.45) is 11.3 Å². The van der Waals surface area contributed by atoms with Crippen LogP contribution in [0.15, 0.2) is 48.5 Å². The molecule has 7 heteroatoms. The Hall–Kier alpha value is -3.06. The maximum Gasteiger partial charge on any atom is 0.411 e. The molecule has 2 fully saturated rings. The predicted octanol–water partition coefficient (Wildman–Crippen LogP) is 5.99. The Morgan fingerprint density at radius 2 is 1.66 bits per heavy atom. The SMILES string of the molecule is CC(C)(C)C1CCC(OC(=O)Nc2ccc(CCOc3ccc(C4O[C@@H]4C(=O)O)cc3)cc2)CC1. The Labute approximate surface area is 206 Å². The fourth-order valence-corrected chi connectivity index (χ4v) is 4.69. The molecule has 1 amide bonds. The molecule has 188 valence electrons. The van der Waals surface area contributed by atoms with Gasteiger partial charge in [0.15, 0.2) is 6.10 Å². The summed E-state index contributed by atoms with van der Waals surface area (Å²) in [5, 5.41) is 11.8. The number of nitrogens with one attached hydrogen (secondary N) is 1. The van der Waals surface area contributed by atoms with Crippen LogP contribution in [0.5, 0.6) is 5.75 Å². The highest BCUT2D eigenvalue weighted by Gasteiger charge is 2.46. The number of carboxylic acid groups (broad SMARTS) is 1. The van der Waals surface area contributed by atoms with Crippen molar-refractivity contribution < 1.29 is 28.9 Å². The van der Waals surface area contributed by atoms with E-state index in [0.717, 1.165) is 49.0 Å². The maximum absolute atomic E-state index is 12.3. The minimum Gasteiger partial charge on any atom is -0.493 e. The molecule has 1 saturated carbocycles. The molecular weight excluding hydrogens is 446 g/mol. The van der Waals surface area contributed by atoms with Crippen molar-refractivity contribution >= 4 is 17.7 Å². The fraction of sp³-hybridized carbons (Fsp3) is 0.500. The zero-order chi connectivity index (χ0) is 25.0. The maximum atomic E-state index is 12.3. The molecule has 35 heavy (non-hydrogen) atoms. The quantitative estimate of drug-likeness (QED) is 0.450. The van der Waals surface area contributed by atoms with Crippen LogP contribution >= 0.6 is 0 Å². The van der Waals surface area contributed by atoms with Crippen molar-refractivity contribution in [2.45, 2.75) is 71.2 Å². The number of ether oxygens (including phenoxy) is 3. The Bertz CT molecular complexity index is 1000. The van der Waals surface area contributed by atoms with Gasteiger partial charge >= 0.3 is 12.1 Å². The molecule has 4 rings (SSSR count). The normalized spacial score (nSPS) is 23.9. The lowest BCUT2D eigenvalue weighted by Gasteiger charge is -2.36. The van der Waals surface area contributed by atoms with E-state index < -0.39 is 18.2 Å². The Kier molecular flexibility index (Phi) is 7.65. The van der Waals surface area contributed by atoms with E-state index >= 15 is 0 Å². The van der Waals surface area contributed by atoms with Crippen LogP contribution in [-0.2, 0) is 20.7 Å². The highest BCUT2D eigenvalue weighted by Crippen LogP contribution is 2.39. The Morgan fingerprint density at radius 3 is 2.23 bits per heavy atom. The minimum absolute atomic E-state index is 0.00511. The van der Waals surface area contributed by atoms with Crippen molar-refractivity contribution in [1.29, 1.82) is 0 Å². The molecule has 2 N–H and O–H groups in total. The van der Waals surface area contributed by atoms with Gasteiger partial charge in [0.2, 0.25) is 0 Å². The third-order valence-electron chi connectivity index (χ3n) is 6.98. The summed E-state index contributed by atoms with van der Waals surface area (Å²) in [4.78, 5) is 23.2. The third-order valence-corrected chi connectivity index (χ3v) is 6.98. The van der Waals surface area contributed by atoms with Crippen LogP contribution in [0.3, 0.4) is 0 Å². The Morgan fingerprint density at radius 1 is 1.00 bits per heavy atom. The average molecular weight is 482 g/mol. The third kappa shape index (κ3) is 6.98. The number of carboxylic acids is 1. The number of aliphatic carboxylic acids is 1. The first-order valence-corrected chi connectivity index (χ1v) is 12.4. The number of rotatable bonds is 8. The van der Waals surface area contributed by atoms with E-state index in [0.29, 0.717) is 23.6 Å². The van der Waals surface area contributed by atoms with Gasteiger partial charge in [-0.1, -0.05) is 45.0 Å². The second-order valence-electron chi connectivity index (χ2n) is 10.5. The summed E-state index contributed by atoms with van der Waals surface area (Å²) in [5.74, 6) is 0.469. The van der Waals surface area contributed by atoms with Gasteiger partial charge in [-0.3, -0.25) is 5.32 Å². The highest BCUT2D eigenvalue weighted by atomic mass is 16.6. The lowest BCUT2D eigenvalue weighted by molar-refractivity contribution is -0.138. The molecule has 1 heterocycles. The van der Waals surface area contributed by atoms with E-state index in [-0.39, 0.29) is 12.2 Å². The van der Waals surface area contributed by atoms with Gasteiger partial charge in [-0.2, -0.15) is 0 Å². The molecule has 1 aliphatic heterocycles. The van der Waals surface area contributed by atoms with E-state index in [4.69, 9.17) is 19.3 Å². The van der Waals surface area contributed by atoms with Gasteiger partial charge in [-0.15, -0.1) is 0 Å². The van der Waals surface area contributed by atoms with E-state index in [1.807, 2.05) is 48.5 Å². The van der Waals surface area contributed by atoms with Crippen LogP contribution in [-0.4, -0.2) is 36.0 Å². The Balaban J connectivity index is 1.16. The summed E-state index contributed by atoms with van der Waals surface area (Å²) in [7, 11) is 0. The average Bonchev–Trinajstić information content (AvgIpc) is 3.62. The molecular formula is C28H35NO6. The summed E-state index contributed by atoms with van der Waals surface area (Å²) < 4.78 is 16.6. The zero-order valence-corrected chi connectivity index (χ0v) is 20.7. The van der Waals surface area contributed by atoms with Crippen molar-refractivity contribution in [3.05, 3.63) is 59.7 Å². The molecule has 2 aliphatic rings. The fourth-order valence-electron chi connectivity index (χ4n) is 4.69. The monoisotopic (exact) mass is 481 g/mol. The summed E-state index contributed by atoms with van der Waals surface area (Å²) in [6, 6.07) is 15.0. The van der Waals surface area contributed by atoms with Crippen molar-refractivity contribution in [3.63, 3.8) is 0 Å². The van der Waals surface area contributed by atoms with Gasteiger partial charge in [-0.25, -0.2) is 9.59 Å². The number of hydrogen-bond donors (Lipinski definition) is 2. The van der Waals surface area contributed by atoms with E-state index in [1.165, 1.54) is 0 Å². The van der Waals surface area contributed by atoms with Crippen LogP contribution in [0.4, 0.5) is 10.5 Å². The molecule has 1 saturated heterocycles. The first kappa shape index (κ1) is 25.0. The topological polar surface area (TPSA) is 97.4 Å². The molecule has 0 radical (unpaired) electrons. The van der Waals surface area contributed by atoms with Gasteiger partial charge in [0, 0.05) is 12.1 Å². The predicted molar refractivity (Wildman–Crippen MR) is 133 cm³/mol. The van der Waals surface area contributed by atoms with Crippen LogP contribution in [0, 0.1) is 11.3 Å². The van der Waals surface area contributed by atoms with Crippen LogP contribution < -0.4 is 10.1 Å². The summed E-state index contributed by atoms with van der Waals surface area (Å²) in [6.45, 7) is 7.34. The van der Waals surface area contributed by atoms with Crippen LogP contribution in [0.25, 0.3) is 0 Å². The number of carbonyl (C=O) groups is 2. The smallest absolute Gasteiger partial charge is 0.411 e. The molecule has 0 aromatic heterocycles. The lowest BCUT2D eigenvalue weighted by atomic mass is 9.72. The van der Waals surface area contributed by atoms with Crippen molar-refractivity contribution in [1.82, 2.24) is 0 Å². The number of benzene rings is 2. The second kappa shape index (κ2) is 10.7. The molecule has 2 aromatic rings. The van der Waals surface area contributed by atoms with E-state index in [1.54, 1.807) is 0 Å². The van der Waals surface area contributed by atoms with Crippen molar-refractivity contribution in [2.75, 3.05) is 11.9 Å². The first-order chi connectivity index (χ1) is 16.7. The van der Waals surface area contributed by atoms with Gasteiger partial charge < -0.3 is 19.3 Å².